The molecule has 0 aliphatic rings. The minimum Gasteiger partial charge on any atom is -0.444 e. The summed E-state index contributed by atoms with van der Waals surface area (Å²) in [7, 11) is 2.73. The van der Waals surface area contributed by atoms with Crippen LogP contribution in [0.3, 0.4) is 0 Å². The van der Waals surface area contributed by atoms with Crippen LogP contribution >= 0.6 is 22.7 Å². The molecule has 0 spiro atoms. The number of carbonyl (C=O) groups excluding carboxylic acids is 3. The molecule has 0 fully saturated rings. The fraction of sp³-hybridized carbons (Fsp3) is 0.357. The van der Waals surface area contributed by atoms with E-state index >= 15 is 4.39 Å². The monoisotopic (exact) mass is 703 g/mol. The number of amides is 2. The predicted octanol–water partition coefficient (Wildman–Crippen LogP) is 3.82. The van der Waals surface area contributed by atoms with Crippen LogP contribution in [0.25, 0.3) is 21.5 Å². The number of halogens is 5. The van der Waals surface area contributed by atoms with Crippen molar-refractivity contribution in [1.29, 1.82) is 0 Å². The number of nitrogens with one attached hydrogen (secondary N) is 1. The lowest BCUT2D eigenvalue weighted by molar-refractivity contribution is -0.146. The Morgan fingerprint density at radius 1 is 1.00 bits per heavy atom. The van der Waals surface area contributed by atoms with Crippen LogP contribution in [-0.2, 0) is 52.5 Å². The third kappa shape index (κ3) is 7.67. The van der Waals surface area contributed by atoms with Gasteiger partial charge in [-0.3, -0.25) is 28.1 Å². The first kappa shape index (κ1) is 35.2. The maximum atomic E-state index is 15.2. The summed E-state index contributed by atoms with van der Waals surface area (Å²) in [6.07, 6.45) is -6.77. The molecule has 1 N–H and O–H groups in total. The molecule has 0 saturated heterocycles. The number of esters is 1. The molecule has 4 rings (SSSR count). The van der Waals surface area contributed by atoms with Crippen LogP contribution in [0.15, 0.2) is 37.5 Å². The van der Waals surface area contributed by atoms with Crippen molar-refractivity contribution in [1.82, 2.24) is 19.0 Å². The number of hydrogen-bond donors (Lipinski definition) is 1. The zero-order valence-electron chi connectivity index (χ0n) is 25.3. The number of rotatable bonds is 7. The number of alkyl halides is 3. The molecule has 3 aromatic heterocycles. The van der Waals surface area contributed by atoms with Crippen molar-refractivity contribution in [3.05, 3.63) is 71.3 Å². The molecule has 12 nitrogen and oxygen atoms in total. The predicted molar refractivity (Wildman–Crippen MR) is 160 cm³/mol. The summed E-state index contributed by atoms with van der Waals surface area (Å²) in [6.45, 7) is 3.27. The normalized spacial score (nSPS) is 12.4. The van der Waals surface area contributed by atoms with E-state index in [-0.39, 0.29) is 21.4 Å². The maximum absolute atomic E-state index is 15.2. The SMILES string of the molecule is Cn1c(=O)c2c(CC(=O)N=c3scc(-c4ccc(F)c(C(F)(F)F)c4F)n3COC(=O)CNC(=O)OC(C)(C)C)csc2n(C)c1=O. The van der Waals surface area contributed by atoms with Gasteiger partial charge in [-0.1, -0.05) is 0 Å². The van der Waals surface area contributed by atoms with Crippen LogP contribution in [0.4, 0.5) is 26.7 Å². The number of benzene rings is 1. The van der Waals surface area contributed by atoms with Gasteiger partial charge < -0.3 is 14.8 Å². The Morgan fingerprint density at radius 2 is 1.68 bits per heavy atom. The van der Waals surface area contributed by atoms with Gasteiger partial charge in [0.05, 0.1) is 17.5 Å². The average Bonchev–Trinajstić information content (AvgIpc) is 3.55. The van der Waals surface area contributed by atoms with E-state index in [0.717, 1.165) is 31.9 Å². The average molecular weight is 704 g/mol. The summed E-state index contributed by atoms with van der Waals surface area (Å²) in [4.78, 5) is 66.5. The lowest BCUT2D eigenvalue weighted by Crippen LogP contribution is -2.36. The summed E-state index contributed by atoms with van der Waals surface area (Å²) >= 11 is 1.72. The summed E-state index contributed by atoms with van der Waals surface area (Å²) in [6, 6.07) is 1.16. The largest absolute Gasteiger partial charge is 0.444 e. The molecule has 0 bridgehead atoms. The van der Waals surface area contributed by atoms with Crippen molar-refractivity contribution in [2.45, 2.75) is 45.7 Å². The van der Waals surface area contributed by atoms with Gasteiger partial charge in [0, 0.05) is 25.0 Å². The van der Waals surface area contributed by atoms with Gasteiger partial charge in [-0.05, 0) is 43.8 Å². The molecular weight excluding hydrogens is 677 g/mol. The molecule has 0 aliphatic carbocycles. The van der Waals surface area contributed by atoms with E-state index in [9.17, 15) is 41.5 Å². The smallest absolute Gasteiger partial charge is 0.422 e. The summed E-state index contributed by atoms with van der Waals surface area (Å²) < 4.78 is 82.8. The molecule has 47 heavy (non-hydrogen) atoms. The van der Waals surface area contributed by atoms with Gasteiger partial charge in [-0.15, -0.1) is 22.7 Å². The van der Waals surface area contributed by atoms with Crippen molar-refractivity contribution in [2.75, 3.05) is 6.54 Å². The Labute approximate surface area is 269 Å². The van der Waals surface area contributed by atoms with Crippen molar-refractivity contribution >= 4 is 50.9 Å². The minimum absolute atomic E-state index is 0.113. The number of aromatic nitrogens is 3. The number of thiazole rings is 1. The van der Waals surface area contributed by atoms with Crippen molar-refractivity contribution < 1.29 is 45.8 Å². The Hall–Kier alpha value is -4.65. The summed E-state index contributed by atoms with van der Waals surface area (Å²) in [5, 5.41) is 4.90. The van der Waals surface area contributed by atoms with E-state index in [0.29, 0.717) is 22.2 Å². The van der Waals surface area contributed by atoms with E-state index < -0.39 is 83.5 Å². The number of aryl methyl sites for hydroxylation is 1. The van der Waals surface area contributed by atoms with Crippen LogP contribution in [-0.4, -0.2) is 43.8 Å². The van der Waals surface area contributed by atoms with Crippen LogP contribution in [0.1, 0.15) is 31.9 Å². The van der Waals surface area contributed by atoms with Gasteiger partial charge in [-0.25, -0.2) is 18.4 Å². The lowest BCUT2D eigenvalue weighted by Gasteiger charge is -2.19. The topological polar surface area (TPSA) is 143 Å². The number of carbonyl (C=O) groups is 3. The second-order valence-corrected chi connectivity index (χ2v) is 12.6. The number of thiophene rings is 1. The van der Waals surface area contributed by atoms with Gasteiger partial charge in [0.25, 0.3) is 11.5 Å². The van der Waals surface area contributed by atoms with E-state index in [1.54, 1.807) is 20.8 Å². The molecule has 0 atom stereocenters. The van der Waals surface area contributed by atoms with Gasteiger partial charge >= 0.3 is 23.9 Å². The number of ether oxygens (including phenoxy) is 2. The fourth-order valence-electron chi connectivity index (χ4n) is 4.28. The van der Waals surface area contributed by atoms with Crippen molar-refractivity contribution in [2.24, 2.45) is 19.1 Å². The second-order valence-electron chi connectivity index (χ2n) is 10.9. The highest BCUT2D eigenvalue weighted by Gasteiger charge is 2.39. The highest BCUT2D eigenvalue weighted by molar-refractivity contribution is 7.17. The first-order chi connectivity index (χ1) is 21.8. The molecule has 4 aromatic rings. The molecule has 0 saturated carbocycles. The highest BCUT2D eigenvalue weighted by Crippen LogP contribution is 2.37. The molecule has 252 valence electrons. The molecule has 2 amide bonds. The lowest BCUT2D eigenvalue weighted by atomic mass is 10.1. The van der Waals surface area contributed by atoms with Gasteiger partial charge in [-0.2, -0.15) is 18.2 Å². The number of hydrogen-bond acceptors (Lipinski definition) is 9. The van der Waals surface area contributed by atoms with Gasteiger partial charge in [0.2, 0.25) is 0 Å². The standard InChI is InChI=1S/C28H26F5N5O7S2/c1-27(2,3)45-25(42)34-9-18(40)44-12-38-16(14-6-7-15(29)20(21(14)30)28(31,32)33)11-47-24(38)35-17(39)8-13-10-46-23-19(13)22(41)36(4)26(43)37(23)5/h6-7,10-11H,8-9,12H2,1-5H3,(H,34,42). The van der Waals surface area contributed by atoms with Crippen molar-refractivity contribution in [3.8, 4) is 11.3 Å². The van der Waals surface area contributed by atoms with Gasteiger partial charge in [0.1, 0.15) is 34.2 Å². The molecular formula is C28H26F5N5O7S2. The zero-order valence-corrected chi connectivity index (χ0v) is 26.9. The number of nitrogens with zero attached hydrogens (tertiary/aromatic N) is 4. The molecule has 3 heterocycles. The Kier molecular flexibility index (Phi) is 9.91. The Balaban J connectivity index is 1.72. The molecule has 19 heteroatoms. The van der Waals surface area contributed by atoms with E-state index in [2.05, 4.69) is 10.3 Å². The Bertz CT molecular complexity index is 2080. The van der Waals surface area contributed by atoms with Crippen LogP contribution in [0.2, 0.25) is 0 Å². The fourth-order valence-corrected chi connectivity index (χ4v) is 6.21. The highest BCUT2D eigenvalue weighted by atomic mass is 32.1. The molecule has 0 aliphatic heterocycles. The molecule has 0 radical (unpaired) electrons. The van der Waals surface area contributed by atoms with Crippen LogP contribution in [0, 0.1) is 11.6 Å². The van der Waals surface area contributed by atoms with Crippen molar-refractivity contribution in [3.63, 3.8) is 0 Å². The zero-order chi connectivity index (χ0) is 35.0. The Morgan fingerprint density at radius 3 is 2.32 bits per heavy atom. The quantitative estimate of drug-likeness (QED) is 0.228. The first-order valence-electron chi connectivity index (χ1n) is 13.4. The third-order valence-electron chi connectivity index (χ3n) is 6.39. The first-order valence-corrected chi connectivity index (χ1v) is 15.2. The summed E-state index contributed by atoms with van der Waals surface area (Å²) in [5.74, 6) is -5.70. The molecule has 0 unspecified atom stereocenters. The minimum atomic E-state index is -5.39. The van der Waals surface area contributed by atoms with Crippen LogP contribution in [0.5, 0.6) is 0 Å². The number of fused-ring (bicyclic) bond motifs is 1. The van der Waals surface area contributed by atoms with Crippen LogP contribution < -0.4 is 21.4 Å². The van der Waals surface area contributed by atoms with E-state index in [1.165, 1.54) is 24.0 Å². The van der Waals surface area contributed by atoms with E-state index in [4.69, 9.17) is 9.47 Å². The maximum Gasteiger partial charge on any atom is 0.422 e. The number of alkyl carbamates (subject to hydrolysis) is 1. The second kappa shape index (κ2) is 13.2. The molecule has 1 aromatic carbocycles. The third-order valence-corrected chi connectivity index (χ3v) is 8.35. The van der Waals surface area contributed by atoms with Gasteiger partial charge in [0.15, 0.2) is 11.5 Å². The summed E-state index contributed by atoms with van der Waals surface area (Å²) in [5.41, 5.74) is -5.07. The van der Waals surface area contributed by atoms with E-state index in [1.807, 2.05) is 0 Å².